The van der Waals surface area contributed by atoms with Crippen molar-refractivity contribution in [1.82, 2.24) is 0 Å². The lowest BCUT2D eigenvalue weighted by atomic mass is 9.94. The maximum absolute atomic E-state index is 10.4. The van der Waals surface area contributed by atoms with E-state index in [1.807, 2.05) is 0 Å². The average molecular weight is 168 g/mol. The molecule has 0 aromatic carbocycles. The Balaban J connectivity index is 2.21. The highest BCUT2D eigenvalue weighted by Crippen LogP contribution is 2.44. The van der Waals surface area contributed by atoms with Crippen molar-refractivity contribution in [3.05, 3.63) is 24.3 Å². The van der Waals surface area contributed by atoms with Crippen molar-refractivity contribution in [2.24, 2.45) is 0 Å². The number of rotatable bonds is 2. The number of carboxylic acids is 1. The maximum Gasteiger partial charge on any atom is 0.336 e. The van der Waals surface area contributed by atoms with Gasteiger partial charge in [-0.05, 0) is 6.08 Å². The summed E-state index contributed by atoms with van der Waals surface area (Å²) < 4.78 is 5.08. The second-order valence-corrected chi connectivity index (χ2v) is 2.88. The summed E-state index contributed by atoms with van der Waals surface area (Å²) in [7, 11) is 0. The lowest BCUT2D eigenvalue weighted by Gasteiger charge is -2.12. The van der Waals surface area contributed by atoms with E-state index in [1.165, 1.54) is 0 Å². The fourth-order valence-electron chi connectivity index (χ4n) is 1.38. The van der Waals surface area contributed by atoms with Gasteiger partial charge in [0, 0.05) is 0 Å². The van der Waals surface area contributed by atoms with Gasteiger partial charge in [-0.3, -0.25) is 0 Å². The van der Waals surface area contributed by atoms with Crippen molar-refractivity contribution in [3.63, 3.8) is 0 Å². The van der Waals surface area contributed by atoms with Gasteiger partial charge >= 0.3 is 5.97 Å². The van der Waals surface area contributed by atoms with Gasteiger partial charge in [0.1, 0.15) is 6.10 Å². The zero-order chi connectivity index (χ0) is 8.77. The second kappa shape index (κ2) is 2.18. The minimum atomic E-state index is -1.47. The lowest BCUT2D eigenvalue weighted by molar-refractivity contribution is -0.149. The molecule has 3 unspecified atom stereocenters. The highest BCUT2D eigenvalue weighted by molar-refractivity contribution is 5.75. The summed E-state index contributed by atoms with van der Waals surface area (Å²) in [5.74, 6) is -1.25. The Morgan fingerprint density at radius 2 is 2.33 bits per heavy atom. The van der Waals surface area contributed by atoms with Gasteiger partial charge in [0.15, 0.2) is 11.7 Å². The zero-order valence-electron chi connectivity index (χ0n) is 6.18. The SMILES string of the molecule is O=C(O)C(O)C12C=CC=CC1O2. The first kappa shape index (κ1) is 7.52. The number of hydrogen-bond acceptors (Lipinski definition) is 3. The molecule has 0 spiro atoms. The molecule has 0 radical (unpaired) electrons. The third kappa shape index (κ3) is 0.821. The van der Waals surface area contributed by atoms with Crippen LogP contribution in [-0.2, 0) is 9.53 Å². The Morgan fingerprint density at radius 3 is 2.92 bits per heavy atom. The van der Waals surface area contributed by atoms with Gasteiger partial charge in [-0.15, -0.1) is 0 Å². The summed E-state index contributed by atoms with van der Waals surface area (Å²) in [5.41, 5.74) is -0.986. The van der Waals surface area contributed by atoms with E-state index in [9.17, 15) is 9.90 Å². The van der Waals surface area contributed by atoms with E-state index in [1.54, 1.807) is 24.3 Å². The lowest BCUT2D eigenvalue weighted by Crippen LogP contribution is -2.37. The summed E-state index contributed by atoms with van der Waals surface area (Å²) in [4.78, 5) is 10.4. The molecular weight excluding hydrogens is 160 g/mol. The highest BCUT2D eigenvalue weighted by atomic mass is 16.6. The van der Waals surface area contributed by atoms with E-state index in [0.29, 0.717) is 0 Å². The largest absolute Gasteiger partial charge is 0.479 e. The maximum atomic E-state index is 10.4. The molecular formula is C8H8O4. The molecule has 12 heavy (non-hydrogen) atoms. The number of aliphatic hydroxyl groups is 1. The molecule has 2 rings (SSSR count). The number of epoxide rings is 1. The van der Waals surface area contributed by atoms with Crippen molar-refractivity contribution >= 4 is 5.97 Å². The van der Waals surface area contributed by atoms with Crippen LogP contribution in [0, 0.1) is 0 Å². The number of aliphatic carboxylic acids is 1. The molecule has 1 heterocycles. The summed E-state index contributed by atoms with van der Waals surface area (Å²) in [6.07, 6.45) is 5.01. The molecule has 1 saturated heterocycles. The first-order valence-corrected chi connectivity index (χ1v) is 3.61. The molecule has 4 nitrogen and oxygen atoms in total. The van der Waals surface area contributed by atoms with Crippen molar-refractivity contribution in [3.8, 4) is 0 Å². The van der Waals surface area contributed by atoms with Crippen LogP contribution in [0.2, 0.25) is 0 Å². The fraction of sp³-hybridized carbons (Fsp3) is 0.375. The van der Waals surface area contributed by atoms with Crippen molar-refractivity contribution in [2.75, 3.05) is 0 Å². The first-order chi connectivity index (χ1) is 5.67. The molecule has 2 N–H and O–H groups in total. The summed E-state index contributed by atoms with van der Waals surface area (Å²) >= 11 is 0. The van der Waals surface area contributed by atoms with Crippen LogP contribution < -0.4 is 0 Å². The average Bonchev–Trinajstić information content (AvgIpc) is 2.77. The number of carbonyl (C=O) groups is 1. The topological polar surface area (TPSA) is 70.1 Å². The third-order valence-corrected chi connectivity index (χ3v) is 2.13. The molecule has 0 saturated carbocycles. The Kier molecular flexibility index (Phi) is 1.37. The smallest absolute Gasteiger partial charge is 0.336 e. The minimum absolute atomic E-state index is 0.270. The van der Waals surface area contributed by atoms with Crippen LogP contribution in [-0.4, -0.2) is 34.0 Å². The van der Waals surface area contributed by atoms with E-state index < -0.39 is 17.7 Å². The minimum Gasteiger partial charge on any atom is -0.479 e. The van der Waals surface area contributed by atoms with Crippen molar-refractivity contribution in [1.29, 1.82) is 0 Å². The third-order valence-electron chi connectivity index (χ3n) is 2.13. The molecule has 1 aliphatic heterocycles. The van der Waals surface area contributed by atoms with Crippen LogP contribution >= 0.6 is 0 Å². The van der Waals surface area contributed by atoms with Gasteiger partial charge in [-0.2, -0.15) is 0 Å². The quantitative estimate of drug-likeness (QED) is 0.555. The predicted molar refractivity (Wildman–Crippen MR) is 39.5 cm³/mol. The number of fused-ring (bicyclic) bond motifs is 1. The van der Waals surface area contributed by atoms with Crippen molar-refractivity contribution in [2.45, 2.75) is 17.8 Å². The second-order valence-electron chi connectivity index (χ2n) is 2.88. The monoisotopic (exact) mass is 168 g/mol. The number of ether oxygens (including phenoxy) is 1. The fourth-order valence-corrected chi connectivity index (χ4v) is 1.38. The normalized spacial score (nSPS) is 38.9. The van der Waals surface area contributed by atoms with Crippen LogP contribution in [0.4, 0.5) is 0 Å². The van der Waals surface area contributed by atoms with Gasteiger partial charge < -0.3 is 14.9 Å². The highest BCUT2D eigenvalue weighted by Gasteiger charge is 2.61. The Labute approximate surface area is 68.8 Å². The van der Waals surface area contributed by atoms with Crippen LogP contribution in [0.15, 0.2) is 24.3 Å². The number of aliphatic hydroxyl groups excluding tert-OH is 1. The number of allylic oxidation sites excluding steroid dienone is 2. The summed E-state index contributed by atoms with van der Waals surface area (Å²) in [6, 6.07) is 0. The van der Waals surface area contributed by atoms with Crippen LogP contribution in [0.1, 0.15) is 0 Å². The Hall–Kier alpha value is -1.13. The zero-order valence-corrected chi connectivity index (χ0v) is 6.18. The molecule has 0 aromatic rings. The van der Waals surface area contributed by atoms with Gasteiger partial charge in [0.2, 0.25) is 0 Å². The van der Waals surface area contributed by atoms with Gasteiger partial charge in [0.25, 0.3) is 0 Å². The van der Waals surface area contributed by atoms with Gasteiger partial charge in [-0.1, -0.05) is 18.2 Å². The Bertz CT molecular complexity index is 281. The summed E-state index contributed by atoms with van der Waals surface area (Å²) in [5, 5.41) is 17.8. The van der Waals surface area contributed by atoms with Crippen molar-refractivity contribution < 1.29 is 19.7 Å². The van der Waals surface area contributed by atoms with Crippen LogP contribution in [0.25, 0.3) is 0 Å². The molecule has 0 aromatic heterocycles. The molecule has 1 aliphatic carbocycles. The standard InChI is InChI=1S/C8H8O4/c9-6(7(10)11)8-4-2-1-3-5(8)12-8/h1-6,9H,(H,10,11). The predicted octanol–water partition coefficient (Wildman–Crippen LogP) is -0.304. The van der Waals surface area contributed by atoms with Gasteiger partial charge in [0.05, 0.1) is 0 Å². The van der Waals surface area contributed by atoms with E-state index in [2.05, 4.69) is 0 Å². The van der Waals surface area contributed by atoms with Crippen LogP contribution in [0.5, 0.6) is 0 Å². The van der Waals surface area contributed by atoms with E-state index >= 15 is 0 Å². The molecule has 0 amide bonds. The van der Waals surface area contributed by atoms with Crippen LogP contribution in [0.3, 0.4) is 0 Å². The van der Waals surface area contributed by atoms with E-state index in [0.717, 1.165) is 0 Å². The first-order valence-electron chi connectivity index (χ1n) is 3.61. The van der Waals surface area contributed by atoms with Gasteiger partial charge in [-0.25, -0.2) is 4.79 Å². The molecule has 1 fully saturated rings. The molecule has 4 heteroatoms. The summed E-state index contributed by atoms with van der Waals surface area (Å²) in [6.45, 7) is 0. The number of hydrogen-bond donors (Lipinski definition) is 2. The Morgan fingerprint density at radius 1 is 1.58 bits per heavy atom. The molecule has 3 atom stereocenters. The van der Waals surface area contributed by atoms with E-state index in [-0.39, 0.29) is 6.10 Å². The molecule has 2 aliphatic rings. The number of carboxylic acid groups (broad SMARTS) is 1. The molecule has 64 valence electrons. The van der Waals surface area contributed by atoms with E-state index in [4.69, 9.17) is 9.84 Å². The molecule has 0 bridgehead atoms.